The Hall–Kier alpha value is -2.34. The van der Waals surface area contributed by atoms with Crippen LogP contribution in [0.3, 0.4) is 0 Å². The number of hydrogen-bond acceptors (Lipinski definition) is 3. The van der Waals surface area contributed by atoms with E-state index in [-0.39, 0.29) is 24.5 Å². The van der Waals surface area contributed by atoms with E-state index in [4.69, 9.17) is 4.74 Å². The maximum atomic E-state index is 13.1. The molecule has 0 radical (unpaired) electrons. The van der Waals surface area contributed by atoms with Crippen LogP contribution in [0, 0.1) is 5.92 Å². The molecule has 1 N–H and O–H groups in total. The number of ether oxygens (including phenoxy) is 1. The van der Waals surface area contributed by atoms with E-state index in [0.717, 1.165) is 43.3 Å². The summed E-state index contributed by atoms with van der Waals surface area (Å²) in [6, 6.07) is 10.1. The number of carbonyl (C=O) groups excluding carboxylic acids is 2. The summed E-state index contributed by atoms with van der Waals surface area (Å²) in [6.07, 6.45) is 2.89. The number of likely N-dealkylation sites (tertiary alicyclic amines) is 2. The van der Waals surface area contributed by atoms with Gasteiger partial charge < -0.3 is 19.5 Å². The average molecular weight is 355 g/mol. The molecule has 6 nitrogen and oxygen atoms in total. The summed E-state index contributed by atoms with van der Waals surface area (Å²) in [4.78, 5) is 32.4. The van der Waals surface area contributed by atoms with E-state index in [9.17, 15) is 9.59 Å². The molecule has 26 heavy (non-hydrogen) atoms. The van der Waals surface area contributed by atoms with Gasteiger partial charge in [-0.2, -0.15) is 0 Å². The molecule has 6 heteroatoms. The Bertz CT molecular complexity index is 782. The molecular weight excluding hydrogens is 330 g/mol. The first-order chi connectivity index (χ1) is 12.7. The van der Waals surface area contributed by atoms with Crippen molar-refractivity contribution in [3.05, 3.63) is 36.0 Å². The van der Waals surface area contributed by atoms with Crippen molar-refractivity contribution in [2.24, 2.45) is 5.92 Å². The summed E-state index contributed by atoms with van der Waals surface area (Å²) in [5.74, 6) is 0.476. The van der Waals surface area contributed by atoms with Crippen LogP contribution in [0.15, 0.2) is 30.3 Å². The van der Waals surface area contributed by atoms with Crippen LogP contribution < -0.4 is 0 Å². The molecule has 0 saturated carbocycles. The van der Waals surface area contributed by atoms with Crippen LogP contribution in [-0.4, -0.2) is 66.0 Å². The van der Waals surface area contributed by atoms with Gasteiger partial charge in [0.05, 0.1) is 0 Å². The third-order valence-corrected chi connectivity index (χ3v) is 5.71. The van der Waals surface area contributed by atoms with Gasteiger partial charge in [0.15, 0.2) is 0 Å². The fraction of sp³-hybridized carbons (Fsp3) is 0.500. The molecule has 0 bridgehead atoms. The number of hydrogen-bond donors (Lipinski definition) is 1. The predicted molar refractivity (Wildman–Crippen MR) is 98.9 cm³/mol. The molecule has 0 unspecified atom stereocenters. The predicted octanol–water partition coefficient (Wildman–Crippen LogP) is 2.27. The quantitative estimate of drug-likeness (QED) is 0.918. The zero-order valence-electron chi connectivity index (χ0n) is 15.1. The number of carbonyl (C=O) groups is 2. The van der Waals surface area contributed by atoms with E-state index in [0.29, 0.717) is 18.2 Å². The molecule has 3 heterocycles. The number of nitrogens with zero attached hydrogens (tertiary/aromatic N) is 2. The highest BCUT2D eigenvalue weighted by Crippen LogP contribution is 2.32. The zero-order valence-corrected chi connectivity index (χ0v) is 15.1. The number of para-hydroxylation sites is 1. The van der Waals surface area contributed by atoms with E-state index in [2.05, 4.69) is 4.98 Å². The number of amides is 2. The molecule has 2 atom stereocenters. The van der Waals surface area contributed by atoms with Crippen molar-refractivity contribution in [1.29, 1.82) is 0 Å². The Balaban J connectivity index is 1.50. The third kappa shape index (κ3) is 3.09. The minimum Gasteiger partial charge on any atom is -0.375 e. The topological polar surface area (TPSA) is 65.6 Å². The molecule has 1 aromatic carbocycles. The molecule has 2 aliphatic heterocycles. The Morgan fingerprint density at radius 2 is 2.08 bits per heavy atom. The minimum absolute atomic E-state index is 0.0463. The summed E-state index contributed by atoms with van der Waals surface area (Å²) >= 11 is 0. The Morgan fingerprint density at radius 1 is 1.23 bits per heavy atom. The second-order valence-corrected chi connectivity index (χ2v) is 7.30. The van der Waals surface area contributed by atoms with Crippen LogP contribution in [0.5, 0.6) is 0 Å². The monoisotopic (exact) mass is 355 g/mol. The van der Waals surface area contributed by atoms with Gasteiger partial charge >= 0.3 is 0 Å². The molecule has 2 saturated heterocycles. The number of rotatable bonds is 3. The maximum absolute atomic E-state index is 13.1. The normalized spacial score (nSPS) is 23.1. The summed E-state index contributed by atoms with van der Waals surface area (Å²) in [7, 11) is 1.55. The first-order valence-corrected chi connectivity index (χ1v) is 9.33. The number of H-pyrrole nitrogens is 1. The van der Waals surface area contributed by atoms with E-state index in [1.54, 1.807) is 7.11 Å². The van der Waals surface area contributed by atoms with Crippen LogP contribution >= 0.6 is 0 Å². The van der Waals surface area contributed by atoms with Crippen molar-refractivity contribution in [2.75, 3.05) is 33.4 Å². The Morgan fingerprint density at radius 3 is 2.88 bits per heavy atom. The summed E-state index contributed by atoms with van der Waals surface area (Å²) in [5.41, 5.74) is 1.65. The number of methoxy groups -OCH3 is 1. The zero-order chi connectivity index (χ0) is 18.1. The summed E-state index contributed by atoms with van der Waals surface area (Å²) < 4.78 is 4.98. The van der Waals surface area contributed by atoms with E-state index >= 15 is 0 Å². The van der Waals surface area contributed by atoms with Gasteiger partial charge in [-0.1, -0.05) is 18.2 Å². The van der Waals surface area contributed by atoms with Gasteiger partial charge in [0.25, 0.3) is 5.91 Å². The SMILES string of the molecule is COCC(=O)N1CC[C@H]2[C@H](CCCN2C(=O)c2cc3ccccc3[nH]2)C1. The highest BCUT2D eigenvalue weighted by atomic mass is 16.5. The highest BCUT2D eigenvalue weighted by molar-refractivity contribution is 5.98. The molecule has 4 rings (SSSR count). The molecule has 2 aliphatic rings. The smallest absolute Gasteiger partial charge is 0.270 e. The van der Waals surface area contributed by atoms with Crippen LogP contribution in [0.25, 0.3) is 10.9 Å². The standard InChI is InChI=1S/C20H25N3O3/c1-26-13-19(24)22-10-8-18-15(12-22)6-4-9-23(18)20(25)17-11-14-5-2-3-7-16(14)21-17/h2-3,5,7,11,15,18,21H,4,6,8-10,12-13H2,1H3/t15-,18+/m1/s1. The van der Waals surface area contributed by atoms with Crippen LogP contribution in [-0.2, 0) is 9.53 Å². The minimum atomic E-state index is 0.0463. The first-order valence-electron chi connectivity index (χ1n) is 9.33. The first kappa shape index (κ1) is 17.1. The van der Waals surface area contributed by atoms with Crippen molar-refractivity contribution in [3.63, 3.8) is 0 Å². The molecule has 2 fully saturated rings. The van der Waals surface area contributed by atoms with Crippen molar-refractivity contribution in [2.45, 2.75) is 25.3 Å². The lowest BCUT2D eigenvalue weighted by molar-refractivity contribution is -0.138. The number of fused-ring (bicyclic) bond motifs is 2. The van der Waals surface area contributed by atoms with Crippen molar-refractivity contribution < 1.29 is 14.3 Å². The average Bonchev–Trinajstić information content (AvgIpc) is 3.11. The maximum Gasteiger partial charge on any atom is 0.270 e. The van der Waals surface area contributed by atoms with E-state index in [1.165, 1.54) is 0 Å². The van der Waals surface area contributed by atoms with Crippen molar-refractivity contribution in [3.8, 4) is 0 Å². The lowest BCUT2D eigenvalue weighted by Gasteiger charge is -2.47. The Labute approximate surface area is 153 Å². The second kappa shape index (κ2) is 7.11. The molecule has 138 valence electrons. The molecule has 1 aromatic heterocycles. The van der Waals surface area contributed by atoms with Gasteiger partial charge in [0, 0.05) is 43.7 Å². The van der Waals surface area contributed by atoms with E-state index in [1.807, 2.05) is 40.1 Å². The van der Waals surface area contributed by atoms with Crippen molar-refractivity contribution in [1.82, 2.24) is 14.8 Å². The third-order valence-electron chi connectivity index (χ3n) is 5.71. The van der Waals surface area contributed by atoms with Crippen LogP contribution in [0.2, 0.25) is 0 Å². The van der Waals surface area contributed by atoms with Crippen LogP contribution in [0.1, 0.15) is 29.8 Å². The lowest BCUT2D eigenvalue weighted by Crippen LogP contribution is -2.57. The second-order valence-electron chi connectivity index (χ2n) is 7.30. The number of piperidine rings is 2. The molecule has 2 aromatic rings. The fourth-order valence-electron chi connectivity index (χ4n) is 4.44. The number of nitrogens with one attached hydrogen (secondary N) is 1. The lowest BCUT2D eigenvalue weighted by atomic mass is 9.83. The van der Waals surface area contributed by atoms with Gasteiger partial charge in [-0.15, -0.1) is 0 Å². The molecule has 0 aliphatic carbocycles. The van der Waals surface area contributed by atoms with Gasteiger partial charge in [0.1, 0.15) is 12.3 Å². The molecule has 0 spiro atoms. The van der Waals surface area contributed by atoms with Gasteiger partial charge in [-0.3, -0.25) is 9.59 Å². The van der Waals surface area contributed by atoms with Crippen LogP contribution in [0.4, 0.5) is 0 Å². The largest absolute Gasteiger partial charge is 0.375 e. The molecular formula is C20H25N3O3. The van der Waals surface area contributed by atoms with E-state index < -0.39 is 0 Å². The summed E-state index contributed by atoms with van der Waals surface area (Å²) in [6.45, 7) is 2.35. The number of benzene rings is 1. The van der Waals surface area contributed by atoms with Gasteiger partial charge in [-0.25, -0.2) is 0 Å². The van der Waals surface area contributed by atoms with Crippen molar-refractivity contribution >= 4 is 22.7 Å². The van der Waals surface area contributed by atoms with Gasteiger partial charge in [0.2, 0.25) is 5.91 Å². The summed E-state index contributed by atoms with van der Waals surface area (Å²) in [5, 5.41) is 1.06. The highest BCUT2D eigenvalue weighted by Gasteiger charge is 2.39. The van der Waals surface area contributed by atoms with Gasteiger partial charge in [-0.05, 0) is 37.3 Å². The number of aromatic nitrogens is 1. The number of aromatic amines is 1. The Kier molecular flexibility index (Phi) is 4.68. The molecule has 2 amide bonds. The fourth-order valence-corrected chi connectivity index (χ4v) is 4.44.